The molecule has 3 nitrogen and oxygen atoms in total. The summed E-state index contributed by atoms with van der Waals surface area (Å²) >= 11 is 1.04. The van der Waals surface area contributed by atoms with Gasteiger partial charge in [-0.05, 0) is 31.0 Å². The molecule has 0 aromatic heterocycles. The number of hydrogen-bond acceptors (Lipinski definition) is 3. The van der Waals surface area contributed by atoms with Gasteiger partial charge < -0.3 is 0 Å². The summed E-state index contributed by atoms with van der Waals surface area (Å²) in [5.41, 5.74) is -0.0781. The first kappa shape index (κ1) is 12.3. The van der Waals surface area contributed by atoms with E-state index in [1.54, 1.807) is 0 Å². The van der Waals surface area contributed by atoms with Crippen LogP contribution < -0.4 is 0 Å². The van der Waals surface area contributed by atoms with Crippen LogP contribution in [0.25, 0.3) is 0 Å². The van der Waals surface area contributed by atoms with Crippen LogP contribution in [0, 0.1) is 5.41 Å². The van der Waals surface area contributed by atoms with Gasteiger partial charge in [-0.25, -0.2) is 0 Å². The maximum absolute atomic E-state index is 11.9. The molecule has 84 valence electrons. The zero-order chi connectivity index (χ0) is 11.8. The largest absolute Gasteiger partial charge is 0.293 e. The Bertz CT molecular complexity index is 326. The molecule has 0 radical (unpaired) electrons. The van der Waals surface area contributed by atoms with Crippen molar-refractivity contribution in [3.05, 3.63) is 11.0 Å². The summed E-state index contributed by atoms with van der Waals surface area (Å²) in [5, 5.41) is -0.162. The fourth-order valence-corrected chi connectivity index (χ4v) is 2.50. The zero-order valence-electron chi connectivity index (χ0n) is 9.83. The van der Waals surface area contributed by atoms with Gasteiger partial charge in [0.05, 0.1) is 4.91 Å². The van der Waals surface area contributed by atoms with E-state index < -0.39 is 0 Å². The minimum absolute atomic E-state index is 0.0663. The molecule has 0 bridgehead atoms. The van der Waals surface area contributed by atoms with Crippen LogP contribution in [0.5, 0.6) is 0 Å². The van der Waals surface area contributed by atoms with E-state index in [1.165, 1.54) is 4.90 Å². The molecule has 0 unspecified atom stereocenters. The fraction of sp³-hybridized carbons (Fsp3) is 0.636. The molecule has 0 aromatic rings. The third kappa shape index (κ3) is 2.84. The lowest BCUT2D eigenvalue weighted by molar-refractivity contribution is -0.123. The molecule has 0 saturated carbocycles. The van der Waals surface area contributed by atoms with Crippen LogP contribution >= 0.6 is 11.8 Å². The van der Waals surface area contributed by atoms with Gasteiger partial charge in [0.15, 0.2) is 0 Å². The van der Waals surface area contributed by atoms with Crippen molar-refractivity contribution in [2.45, 2.75) is 40.7 Å². The first-order chi connectivity index (χ1) is 6.72. The molecule has 0 aromatic carbocycles. The highest BCUT2D eigenvalue weighted by Crippen LogP contribution is 2.34. The van der Waals surface area contributed by atoms with E-state index in [0.29, 0.717) is 4.91 Å². The van der Waals surface area contributed by atoms with Gasteiger partial charge in [0.25, 0.3) is 11.1 Å². The summed E-state index contributed by atoms with van der Waals surface area (Å²) in [4.78, 5) is 25.3. The topological polar surface area (TPSA) is 37.4 Å². The number of carbonyl (C=O) groups is 2. The molecular formula is C11H17NO2S. The third-order valence-electron chi connectivity index (χ3n) is 1.90. The van der Waals surface area contributed by atoms with Crippen LogP contribution in [0.1, 0.15) is 34.6 Å². The average Bonchev–Trinajstić information content (AvgIpc) is 2.23. The van der Waals surface area contributed by atoms with Crippen molar-refractivity contribution < 1.29 is 9.59 Å². The number of rotatable bonds is 1. The highest BCUT2D eigenvalue weighted by Gasteiger charge is 2.37. The summed E-state index contributed by atoms with van der Waals surface area (Å²) < 4.78 is 0. The highest BCUT2D eigenvalue weighted by molar-refractivity contribution is 8.18. The Morgan fingerprint density at radius 1 is 1.27 bits per heavy atom. The van der Waals surface area contributed by atoms with E-state index in [-0.39, 0.29) is 22.6 Å². The average molecular weight is 227 g/mol. The Balaban J connectivity index is 2.97. The SMILES string of the molecule is CC(C)N1C(=O)S/C(=C/C(C)(C)C)C1=O. The van der Waals surface area contributed by atoms with Gasteiger partial charge in [-0.2, -0.15) is 0 Å². The number of amides is 2. The van der Waals surface area contributed by atoms with Crippen molar-refractivity contribution in [1.82, 2.24) is 4.90 Å². The van der Waals surface area contributed by atoms with Gasteiger partial charge in [-0.3, -0.25) is 14.5 Å². The molecular weight excluding hydrogens is 210 g/mol. The quantitative estimate of drug-likeness (QED) is 0.646. The highest BCUT2D eigenvalue weighted by atomic mass is 32.2. The number of nitrogens with zero attached hydrogens (tertiary/aromatic N) is 1. The lowest BCUT2D eigenvalue weighted by Gasteiger charge is -2.17. The van der Waals surface area contributed by atoms with E-state index in [1.807, 2.05) is 40.7 Å². The van der Waals surface area contributed by atoms with Crippen LogP contribution in [-0.4, -0.2) is 22.1 Å². The molecule has 4 heteroatoms. The molecule has 0 N–H and O–H groups in total. The Labute approximate surface area is 94.9 Å². The standard InChI is InChI=1S/C11H17NO2S/c1-7(2)12-9(13)8(15-10(12)14)6-11(3,4)5/h6-7H,1-5H3/b8-6+. The van der Waals surface area contributed by atoms with Crippen molar-refractivity contribution in [1.29, 1.82) is 0 Å². The second-order valence-corrected chi connectivity index (χ2v) is 6.00. The second kappa shape index (κ2) is 4.00. The van der Waals surface area contributed by atoms with Crippen LogP contribution in [0.3, 0.4) is 0 Å². The first-order valence-corrected chi connectivity index (χ1v) is 5.82. The number of thioether (sulfide) groups is 1. The fourth-order valence-electron chi connectivity index (χ4n) is 1.32. The molecule has 0 spiro atoms. The monoisotopic (exact) mass is 227 g/mol. The zero-order valence-corrected chi connectivity index (χ0v) is 10.6. The second-order valence-electron chi connectivity index (χ2n) is 5.01. The third-order valence-corrected chi connectivity index (χ3v) is 2.79. The van der Waals surface area contributed by atoms with E-state index in [0.717, 1.165) is 11.8 Å². The molecule has 15 heavy (non-hydrogen) atoms. The Morgan fingerprint density at radius 3 is 2.13 bits per heavy atom. The summed E-state index contributed by atoms with van der Waals surface area (Å²) in [6, 6.07) is -0.0663. The van der Waals surface area contributed by atoms with E-state index in [9.17, 15) is 9.59 Å². The molecule has 1 fully saturated rings. The first-order valence-electron chi connectivity index (χ1n) is 5.00. The number of carbonyl (C=O) groups excluding carboxylic acids is 2. The van der Waals surface area contributed by atoms with Gasteiger partial charge in [0.1, 0.15) is 0 Å². The normalized spacial score (nSPS) is 20.9. The maximum Gasteiger partial charge on any atom is 0.293 e. The van der Waals surface area contributed by atoms with Crippen LogP contribution in [-0.2, 0) is 4.79 Å². The molecule has 1 saturated heterocycles. The lowest BCUT2D eigenvalue weighted by Crippen LogP contribution is -2.34. The minimum Gasteiger partial charge on any atom is -0.268 e. The molecule has 0 atom stereocenters. The molecule has 1 aliphatic heterocycles. The number of allylic oxidation sites excluding steroid dienone is 1. The van der Waals surface area contributed by atoms with Crippen molar-refractivity contribution in [2.24, 2.45) is 5.41 Å². The molecule has 1 rings (SSSR count). The van der Waals surface area contributed by atoms with Crippen molar-refractivity contribution in [2.75, 3.05) is 0 Å². The van der Waals surface area contributed by atoms with Crippen molar-refractivity contribution in [3.63, 3.8) is 0 Å². The number of hydrogen-bond donors (Lipinski definition) is 0. The van der Waals surface area contributed by atoms with Gasteiger partial charge in [-0.15, -0.1) is 0 Å². The maximum atomic E-state index is 11.9. The van der Waals surface area contributed by atoms with Gasteiger partial charge >= 0.3 is 0 Å². The smallest absolute Gasteiger partial charge is 0.268 e. The minimum atomic E-state index is -0.162. The van der Waals surface area contributed by atoms with Gasteiger partial charge in [-0.1, -0.05) is 26.8 Å². The van der Waals surface area contributed by atoms with Crippen LogP contribution in [0.4, 0.5) is 4.79 Å². The molecule has 2 amide bonds. The van der Waals surface area contributed by atoms with Crippen LogP contribution in [0.2, 0.25) is 0 Å². The van der Waals surface area contributed by atoms with Crippen molar-refractivity contribution in [3.8, 4) is 0 Å². The lowest BCUT2D eigenvalue weighted by atomic mass is 9.96. The Morgan fingerprint density at radius 2 is 1.80 bits per heavy atom. The van der Waals surface area contributed by atoms with Crippen molar-refractivity contribution >= 4 is 22.9 Å². The molecule has 1 aliphatic rings. The Kier molecular flexibility index (Phi) is 3.28. The molecule has 0 aliphatic carbocycles. The summed E-state index contributed by atoms with van der Waals surface area (Å²) in [6.45, 7) is 9.72. The Hall–Kier alpha value is -0.770. The van der Waals surface area contributed by atoms with Crippen LogP contribution in [0.15, 0.2) is 11.0 Å². The predicted molar refractivity (Wildman–Crippen MR) is 62.5 cm³/mol. The van der Waals surface area contributed by atoms with Gasteiger partial charge in [0, 0.05) is 6.04 Å². The van der Waals surface area contributed by atoms with E-state index in [4.69, 9.17) is 0 Å². The summed E-state index contributed by atoms with van der Waals surface area (Å²) in [5.74, 6) is -0.157. The summed E-state index contributed by atoms with van der Waals surface area (Å²) in [6.07, 6.45) is 1.86. The number of imide groups is 1. The van der Waals surface area contributed by atoms with E-state index in [2.05, 4.69) is 0 Å². The van der Waals surface area contributed by atoms with Gasteiger partial charge in [0.2, 0.25) is 0 Å². The molecule has 1 heterocycles. The summed E-state index contributed by atoms with van der Waals surface area (Å²) in [7, 11) is 0. The predicted octanol–water partition coefficient (Wildman–Crippen LogP) is 3.02. The van der Waals surface area contributed by atoms with E-state index >= 15 is 0 Å².